The summed E-state index contributed by atoms with van der Waals surface area (Å²) in [5, 5.41) is 28.2. The maximum atomic E-state index is 12.7. The van der Waals surface area contributed by atoms with Crippen molar-refractivity contribution in [3.05, 3.63) is 64.2 Å². The number of benzene rings is 2. The van der Waals surface area contributed by atoms with Crippen molar-refractivity contribution in [2.75, 3.05) is 5.75 Å². The zero-order chi connectivity index (χ0) is 24.8. The molecule has 3 N–H and O–H groups in total. The van der Waals surface area contributed by atoms with E-state index in [-0.39, 0.29) is 13.2 Å². The van der Waals surface area contributed by atoms with Crippen molar-refractivity contribution in [3.63, 3.8) is 0 Å². The standard InChI is InChI=1S/C23H26F6O3S/c1-14-9-15(3-2-4-16-5-7-17(11-30)18(10-16)12-31)6-8-20(14)33-13-19(32)21(22(24,25)26)23(27,28)29/h5-10,19,21,30-32H,2-4,11-13H2,1H3. The lowest BCUT2D eigenvalue weighted by atomic mass is 9.99. The molecule has 0 bridgehead atoms. The Kier molecular flexibility index (Phi) is 9.66. The molecule has 10 heteroatoms. The first-order valence-corrected chi connectivity index (χ1v) is 11.2. The number of thioether (sulfide) groups is 1. The smallest absolute Gasteiger partial charge is 0.392 e. The second-order valence-corrected chi connectivity index (χ2v) is 8.87. The number of hydrogen-bond acceptors (Lipinski definition) is 4. The molecule has 0 saturated heterocycles. The van der Waals surface area contributed by atoms with Gasteiger partial charge in [-0.25, -0.2) is 0 Å². The number of alkyl halides is 6. The van der Waals surface area contributed by atoms with Gasteiger partial charge >= 0.3 is 12.4 Å². The van der Waals surface area contributed by atoms with Crippen LogP contribution in [0.15, 0.2) is 41.3 Å². The van der Waals surface area contributed by atoms with Gasteiger partial charge in [0, 0.05) is 10.6 Å². The molecule has 0 aromatic heterocycles. The van der Waals surface area contributed by atoms with E-state index in [9.17, 15) is 41.7 Å². The summed E-state index contributed by atoms with van der Waals surface area (Å²) in [5.74, 6) is -4.52. The van der Waals surface area contributed by atoms with Gasteiger partial charge in [-0.2, -0.15) is 26.3 Å². The van der Waals surface area contributed by atoms with Crippen molar-refractivity contribution in [1.29, 1.82) is 0 Å². The highest BCUT2D eigenvalue weighted by molar-refractivity contribution is 7.99. The lowest BCUT2D eigenvalue weighted by molar-refractivity contribution is -0.303. The minimum absolute atomic E-state index is 0.149. The van der Waals surface area contributed by atoms with Crippen LogP contribution in [0, 0.1) is 12.8 Å². The zero-order valence-corrected chi connectivity index (χ0v) is 18.7. The first kappa shape index (κ1) is 27.5. The summed E-state index contributed by atoms with van der Waals surface area (Å²) in [6.45, 7) is 1.40. The molecule has 2 aromatic carbocycles. The summed E-state index contributed by atoms with van der Waals surface area (Å²) in [4.78, 5) is 0.507. The van der Waals surface area contributed by atoms with Crippen molar-refractivity contribution in [3.8, 4) is 0 Å². The summed E-state index contributed by atoms with van der Waals surface area (Å²) in [6.07, 6.45) is -11.5. The highest BCUT2D eigenvalue weighted by Crippen LogP contribution is 2.42. The van der Waals surface area contributed by atoms with Gasteiger partial charge in [0.05, 0.1) is 19.3 Å². The Balaban J connectivity index is 1.94. The monoisotopic (exact) mass is 496 g/mol. The molecule has 0 aliphatic carbocycles. The molecule has 2 aromatic rings. The topological polar surface area (TPSA) is 60.7 Å². The van der Waals surface area contributed by atoms with Crippen LogP contribution in [0.5, 0.6) is 0 Å². The van der Waals surface area contributed by atoms with Gasteiger partial charge in [-0.05, 0) is 60.1 Å². The third-order valence-corrected chi connectivity index (χ3v) is 6.56. The van der Waals surface area contributed by atoms with Crippen molar-refractivity contribution in [2.45, 2.75) is 62.8 Å². The van der Waals surface area contributed by atoms with Crippen LogP contribution in [0.4, 0.5) is 26.3 Å². The van der Waals surface area contributed by atoms with Gasteiger partial charge in [0.2, 0.25) is 0 Å². The van der Waals surface area contributed by atoms with Crippen molar-refractivity contribution in [1.82, 2.24) is 0 Å². The lowest BCUT2D eigenvalue weighted by Crippen LogP contribution is -2.45. The predicted octanol–water partition coefficient (Wildman–Crippen LogP) is 5.35. The van der Waals surface area contributed by atoms with E-state index in [2.05, 4.69) is 0 Å². The molecule has 184 valence electrons. The molecule has 3 nitrogen and oxygen atoms in total. The molecule has 0 heterocycles. The molecule has 0 spiro atoms. The van der Waals surface area contributed by atoms with Gasteiger partial charge in [-0.3, -0.25) is 0 Å². The fraction of sp³-hybridized carbons (Fsp3) is 0.478. The molecule has 0 radical (unpaired) electrons. The molecular weight excluding hydrogens is 470 g/mol. The molecule has 0 aliphatic heterocycles. The fourth-order valence-corrected chi connectivity index (χ4v) is 4.55. The van der Waals surface area contributed by atoms with E-state index in [1.807, 2.05) is 18.2 Å². The van der Waals surface area contributed by atoms with E-state index in [0.29, 0.717) is 28.0 Å². The SMILES string of the molecule is Cc1cc(CCCc2ccc(CO)c(CO)c2)ccc1SCC(O)C(C(F)(F)F)C(F)(F)F. The largest absolute Gasteiger partial charge is 0.403 e. The highest BCUT2D eigenvalue weighted by atomic mass is 32.2. The predicted molar refractivity (Wildman–Crippen MR) is 114 cm³/mol. The van der Waals surface area contributed by atoms with Crippen LogP contribution >= 0.6 is 11.8 Å². The Bertz CT molecular complexity index is 900. The van der Waals surface area contributed by atoms with Gasteiger partial charge in [-0.15, -0.1) is 11.8 Å². The molecule has 0 fully saturated rings. The lowest BCUT2D eigenvalue weighted by Gasteiger charge is -2.27. The normalized spacial score (nSPS) is 13.5. The molecule has 0 amide bonds. The Morgan fingerprint density at radius 3 is 1.88 bits per heavy atom. The number of aryl methyl sites for hydroxylation is 3. The van der Waals surface area contributed by atoms with Gasteiger partial charge in [0.15, 0.2) is 5.92 Å². The summed E-state index contributed by atoms with van der Waals surface area (Å²) in [7, 11) is 0. The number of hydrogen-bond donors (Lipinski definition) is 3. The molecule has 2 rings (SSSR count). The van der Waals surface area contributed by atoms with E-state index in [1.54, 1.807) is 25.1 Å². The average molecular weight is 497 g/mol. The maximum Gasteiger partial charge on any atom is 0.403 e. The Labute approximate surface area is 192 Å². The molecular formula is C23H26F6O3S. The number of halogens is 6. The minimum atomic E-state index is -5.58. The van der Waals surface area contributed by atoms with Crippen LogP contribution in [0.1, 0.15) is 34.2 Å². The Morgan fingerprint density at radius 2 is 1.36 bits per heavy atom. The van der Waals surface area contributed by atoms with Crippen molar-refractivity contribution in [2.24, 2.45) is 5.92 Å². The van der Waals surface area contributed by atoms with Crippen LogP contribution in [-0.2, 0) is 26.1 Å². The number of aliphatic hydroxyl groups is 3. The van der Waals surface area contributed by atoms with E-state index >= 15 is 0 Å². The summed E-state index contributed by atoms with van der Waals surface area (Å²) in [6, 6.07) is 10.7. The van der Waals surface area contributed by atoms with E-state index < -0.39 is 30.1 Å². The second kappa shape index (κ2) is 11.6. The first-order valence-electron chi connectivity index (χ1n) is 10.2. The summed E-state index contributed by atoms with van der Waals surface area (Å²) in [5.41, 5.74) is 4.03. The maximum absolute atomic E-state index is 12.7. The fourth-order valence-electron chi connectivity index (χ4n) is 3.56. The van der Waals surface area contributed by atoms with E-state index in [4.69, 9.17) is 0 Å². The van der Waals surface area contributed by atoms with E-state index in [0.717, 1.165) is 35.7 Å². The Morgan fingerprint density at radius 1 is 0.818 bits per heavy atom. The van der Waals surface area contributed by atoms with Crippen LogP contribution in [0.2, 0.25) is 0 Å². The number of aliphatic hydroxyl groups excluding tert-OH is 3. The summed E-state index contributed by atoms with van der Waals surface area (Å²) >= 11 is 0.759. The van der Waals surface area contributed by atoms with Crippen LogP contribution < -0.4 is 0 Å². The quantitative estimate of drug-likeness (QED) is 0.307. The second-order valence-electron chi connectivity index (χ2n) is 7.81. The van der Waals surface area contributed by atoms with Crippen LogP contribution in [0.25, 0.3) is 0 Å². The van der Waals surface area contributed by atoms with Crippen LogP contribution in [-0.4, -0.2) is 39.5 Å². The minimum Gasteiger partial charge on any atom is -0.392 e. The molecule has 1 atom stereocenters. The van der Waals surface area contributed by atoms with Gasteiger partial charge in [0.1, 0.15) is 0 Å². The third kappa shape index (κ3) is 7.91. The van der Waals surface area contributed by atoms with Gasteiger partial charge in [0.25, 0.3) is 0 Å². The molecule has 1 unspecified atom stereocenters. The van der Waals surface area contributed by atoms with E-state index in [1.165, 1.54) is 0 Å². The average Bonchev–Trinajstić information content (AvgIpc) is 2.70. The number of rotatable bonds is 10. The first-order chi connectivity index (χ1) is 15.4. The van der Waals surface area contributed by atoms with Crippen LogP contribution in [0.3, 0.4) is 0 Å². The highest BCUT2D eigenvalue weighted by Gasteiger charge is 2.60. The Hall–Kier alpha value is -1.75. The van der Waals surface area contributed by atoms with Gasteiger partial charge < -0.3 is 15.3 Å². The molecule has 0 saturated carbocycles. The summed E-state index contributed by atoms with van der Waals surface area (Å²) < 4.78 is 76.4. The molecule has 0 aliphatic rings. The third-order valence-electron chi connectivity index (χ3n) is 5.28. The zero-order valence-electron chi connectivity index (χ0n) is 17.9. The van der Waals surface area contributed by atoms with Crippen molar-refractivity contribution >= 4 is 11.8 Å². The van der Waals surface area contributed by atoms with Crippen molar-refractivity contribution < 1.29 is 41.7 Å². The molecule has 33 heavy (non-hydrogen) atoms. The van der Waals surface area contributed by atoms with Gasteiger partial charge in [-0.1, -0.05) is 30.3 Å².